The summed E-state index contributed by atoms with van der Waals surface area (Å²) in [4.78, 5) is 0. The van der Waals surface area contributed by atoms with E-state index in [0.29, 0.717) is 0 Å². The van der Waals surface area contributed by atoms with Crippen molar-refractivity contribution in [2.45, 2.75) is 56.4 Å². The monoisotopic (exact) mass is 261 g/mol. The second-order valence-electron chi connectivity index (χ2n) is 5.65. The zero-order chi connectivity index (χ0) is 12.4. The van der Waals surface area contributed by atoms with Crippen molar-refractivity contribution in [1.29, 1.82) is 0 Å². The van der Waals surface area contributed by atoms with Crippen LogP contribution in [0.3, 0.4) is 0 Å². The SMILES string of the molecule is CSC1CCCC1NCc1ccc2c(c1)CCC2. The number of hydrogen-bond donors (Lipinski definition) is 1. The summed E-state index contributed by atoms with van der Waals surface area (Å²) in [5.41, 5.74) is 4.66. The molecule has 98 valence electrons. The van der Waals surface area contributed by atoms with Crippen LogP contribution < -0.4 is 5.32 Å². The van der Waals surface area contributed by atoms with Gasteiger partial charge in [-0.1, -0.05) is 24.6 Å². The average molecular weight is 261 g/mol. The molecule has 18 heavy (non-hydrogen) atoms. The lowest BCUT2D eigenvalue weighted by molar-refractivity contribution is 0.532. The first-order valence-corrected chi connectivity index (χ1v) is 8.52. The molecule has 1 nitrogen and oxygen atoms in total. The molecule has 2 unspecified atom stereocenters. The van der Waals surface area contributed by atoms with Gasteiger partial charge in [0.15, 0.2) is 0 Å². The number of nitrogens with one attached hydrogen (secondary N) is 1. The van der Waals surface area contributed by atoms with Gasteiger partial charge >= 0.3 is 0 Å². The van der Waals surface area contributed by atoms with Crippen molar-refractivity contribution in [1.82, 2.24) is 5.32 Å². The van der Waals surface area contributed by atoms with Crippen molar-refractivity contribution < 1.29 is 0 Å². The summed E-state index contributed by atoms with van der Waals surface area (Å²) in [5.74, 6) is 0. The number of aryl methyl sites for hydroxylation is 2. The van der Waals surface area contributed by atoms with E-state index in [1.54, 1.807) is 11.1 Å². The van der Waals surface area contributed by atoms with Crippen molar-refractivity contribution >= 4 is 11.8 Å². The molecule has 0 amide bonds. The summed E-state index contributed by atoms with van der Waals surface area (Å²) in [5, 5.41) is 4.60. The second-order valence-corrected chi connectivity index (χ2v) is 6.73. The fourth-order valence-electron chi connectivity index (χ4n) is 3.43. The van der Waals surface area contributed by atoms with Gasteiger partial charge in [0.05, 0.1) is 0 Å². The normalized spacial score (nSPS) is 26.5. The Balaban J connectivity index is 1.60. The number of rotatable bonds is 4. The van der Waals surface area contributed by atoms with Gasteiger partial charge in [-0.3, -0.25) is 0 Å². The minimum atomic E-state index is 0.730. The first kappa shape index (κ1) is 12.6. The van der Waals surface area contributed by atoms with E-state index in [2.05, 4.69) is 29.8 Å². The Morgan fingerprint density at radius 2 is 2.06 bits per heavy atom. The lowest BCUT2D eigenvalue weighted by Crippen LogP contribution is -2.33. The van der Waals surface area contributed by atoms with Gasteiger partial charge < -0.3 is 5.32 Å². The number of hydrogen-bond acceptors (Lipinski definition) is 2. The lowest BCUT2D eigenvalue weighted by Gasteiger charge is -2.19. The molecule has 1 aromatic carbocycles. The van der Waals surface area contributed by atoms with Crippen LogP contribution in [0.5, 0.6) is 0 Å². The van der Waals surface area contributed by atoms with E-state index in [1.165, 1.54) is 44.1 Å². The van der Waals surface area contributed by atoms with Crippen LogP contribution in [-0.2, 0) is 19.4 Å². The van der Waals surface area contributed by atoms with Crippen LogP contribution in [0.4, 0.5) is 0 Å². The van der Waals surface area contributed by atoms with E-state index >= 15 is 0 Å². The molecule has 0 radical (unpaired) electrons. The van der Waals surface area contributed by atoms with Crippen LogP contribution in [0.15, 0.2) is 18.2 Å². The maximum atomic E-state index is 3.77. The van der Waals surface area contributed by atoms with E-state index in [9.17, 15) is 0 Å². The molecule has 0 saturated heterocycles. The van der Waals surface area contributed by atoms with E-state index in [0.717, 1.165) is 17.8 Å². The van der Waals surface area contributed by atoms with Gasteiger partial charge in [0.25, 0.3) is 0 Å². The smallest absolute Gasteiger partial charge is 0.0208 e. The molecule has 0 heterocycles. The minimum absolute atomic E-state index is 0.730. The Morgan fingerprint density at radius 1 is 1.17 bits per heavy atom. The van der Waals surface area contributed by atoms with Crippen LogP contribution in [0.25, 0.3) is 0 Å². The first-order valence-electron chi connectivity index (χ1n) is 7.23. The molecular weight excluding hydrogens is 238 g/mol. The summed E-state index contributed by atoms with van der Waals surface area (Å²) in [6, 6.07) is 7.83. The Kier molecular flexibility index (Phi) is 3.95. The van der Waals surface area contributed by atoms with E-state index < -0.39 is 0 Å². The maximum absolute atomic E-state index is 3.77. The molecule has 2 heteroatoms. The maximum Gasteiger partial charge on any atom is 0.0208 e. The van der Waals surface area contributed by atoms with Crippen LogP contribution >= 0.6 is 11.8 Å². The van der Waals surface area contributed by atoms with E-state index in [-0.39, 0.29) is 0 Å². The van der Waals surface area contributed by atoms with Crippen molar-refractivity contribution in [2.24, 2.45) is 0 Å². The van der Waals surface area contributed by atoms with Gasteiger partial charge in [-0.05, 0) is 55.1 Å². The highest BCUT2D eigenvalue weighted by molar-refractivity contribution is 7.99. The number of benzene rings is 1. The fourth-order valence-corrected chi connectivity index (χ4v) is 4.39. The Labute approximate surface area is 115 Å². The van der Waals surface area contributed by atoms with E-state index in [4.69, 9.17) is 0 Å². The molecule has 0 spiro atoms. The number of thioether (sulfide) groups is 1. The van der Waals surface area contributed by atoms with Crippen LogP contribution in [0.1, 0.15) is 42.4 Å². The molecule has 1 aromatic rings. The third-order valence-corrected chi connectivity index (χ3v) is 5.66. The van der Waals surface area contributed by atoms with Gasteiger partial charge in [0.2, 0.25) is 0 Å². The fraction of sp³-hybridized carbons (Fsp3) is 0.625. The second kappa shape index (κ2) is 5.66. The van der Waals surface area contributed by atoms with Crippen molar-refractivity contribution in [3.05, 3.63) is 34.9 Å². The van der Waals surface area contributed by atoms with Gasteiger partial charge in [-0.15, -0.1) is 0 Å². The molecule has 1 saturated carbocycles. The first-order chi connectivity index (χ1) is 8.86. The Morgan fingerprint density at radius 3 is 2.94 bits per heavy atom. The molecule has 0 aromatic heterocycles. The summed E-state index contributed by atoms with van der Waals surface area (Å²) < 4.78 is 0. The van der Waals surface area contributed by atoms with Crippen molar-refractivity contribution in [3.8, 4) is 0 Å². The standard InChI is InChI=1S/C16H23NS/c1-18-16-7-3-6-15(16)17-11-12-8-9-13-4-2-5-14(13)10-12/h8-10,15-17H,2-7,11H2,1H3. The highest BCUT2D eigenvalue weighted by Crippen LogP contribution is 2.29. The predicted octanol–water partition coefficient (Wildman–Crippen LogP) is 3.55. The summed E-state index contributed by atoms with van der Waals surface area (Å²) in [6.07, 6.45) is 10.3. The minimum Gasteiger partial charge on any atom is -0.309 e. The van der Waals surface area contributed by atoms with Gasteiger partial charge in [-0.2, -0.15) is 11.8 Å². The van der Waals surface area contributed by atoms with Crippen molar-refractivity contribution in [3.63, 3.8) is 0 Å². The Hall–Kier alpha value is -0.470. The molecule has 2 aliphatic carbocycles. The molecule has 2 atom stereocenters. The molecule has 0 aliphatic heterocycles. The quantitative estimate of drug-likeness (QED) is 0.889. The molecular formula is C16H23NS. The molecule has 3 rings (SSSR count). The molecule has 2 aliphatic rings. The largest absolute Gasteiger partial charge is 0.309 e. The highest BCUT2D eigenvalue weighted by atomic mass is 32.2. The lowest BCUT2D eigenvalue weighted by atomic mass is 10.1. The third-order valence-electron chi connectivity index (χ3n) is 4.49. The third kappa shape index (κ3) is 2.60. The van der Waals surface area contributed by atoms with Gasteiger partial charge in [0.1, 0.15) is 0 Å². The average Bonchev–Trinajstić information content (AvgIpc) is 3.04. The summed E-state index contributed by atoms with van der Waals surface area (Å²) in [6.45, 7) is 1.05. The summed E-state index contributed by atoms with van der Waals surface area (Å²) >= 11 is 2.03. The van der Waals surface area contributed by atoms with Crippen molar-refractivity contribution in [2.75, 3.05) is 6.26 Å². The zero-order valence-electron chi connectivity index (χ0n) is 11.2. The van der Waals surface area contributed by atoms with Gasteiger partial charge in [-0.25, -0.2) is 0 Å². The molecule has 0 bridgehead atoms. The highest BCUT2D eigenvalue weighted by Gasteiger charge is 2.25. The van der Waals surface area contributed by atoms with Crippen LogP contribution in [0, 0.1) is 0 Å². The zero-order valence-corrected chi connectivity index (χ0v) is 12.1. The van der Waals surface area contributed by atoms with E-state index in [1.807, 2.05) is 11.8 Å². The van der Waals surface area contributed by atoms with Crippen LogP contribution in [0.2, 0.25) is 0 Å². The van der Waals surface area contributed by atoms with Gasteiger partial charge in [0, 0.05) is 17.8 Å². The molecule has 1 fully saturated rings. The topological polar surface area (TPSA) is 12.0 Å². The van der Waals surface area contributed by atoms with Crippen LogP contribution in [-0.4, -0.2) is 17.5 Å². The predicted molar refractivity (Wildman–Crippen MR) is 80.2 cm³/mol. The Bertz CT molecular complexity index is 416. The number of fused-ring (bicyclic) bond motifs is 1. The molecule has 1 N–H and O–H groups in total. The summed E-state index contributed by atoms with van der Waals surface area (Å²) in [7, 11) is 0.